The number of hydrogen-bond acceptors (Lipinski definition) is 5. The van der Waals surface area contributed by atoms with Crippen molar-refractivity contribution in [3.05, 3.63) is 76.9 Å². The van der Waals surface area contributed by atoms with Gasteiger partial charge >= 0.3 is 6.18 Å². The molecule has 2 aromatic carbocycles. The second-order valence-corrected chi connectivity index (χ2v) is 9.31. The van der Waals surface area contributed by atoms with Gasteiger partial charge in [-0.3, -0.25) is 14.5 Å². The lowest BCUT2D eigenvalue weighted by Gasteiger charge is -2.25. The molecule has 0 unspecified atom stereocenters. The zero-order chi connectivity index (χ0) is 25.0. The summed E-state index contributed by atoms with van der Waals surface area (Å²) < 4.78 is 56.5. The SMILES string of the molecule is CC1(C)O[C@@H]2O[C@H](C=Cc3ccc(C(F)(F)F)cc3)[C@H](CCN3C(=O)c4ccccc4C3=O)[C@@H]2O1. The molecule has 0 radical (unpaired) electrons. The Morgan fingerprint density at radius 1 is 0.971 bits per heavy atom. The highest BCUT2D eigenvalue weighted by Gasteiger charge is 2.54. The first kappa shape index (κ1) is 23.7. The molecule has 6 nitrogen and oxygen atoms in total. The van der Waals surface area contributed by atoms with Crippen molar-refractivity contribution in [3.63, 3.8) is 0 Å². The van der Waals surface area contributed by atoms with Crippen molar-refractivity contribution in [2.24, 2.45) is 5.92 Å². The number of imide groups is 1. The van der Waals surface area contributed by atoms with Crippen LogP contribution in [-0.4, -0.2) is 47.5 Å². The highest BCUT2D eigenvalue weighted by atomic mass is 19.4. The summed E-state index contributed by atoms with van der Waals surface area (Å²) in [4.78, 5) is 26.7. The van der Waals surface area contributed by atoms with Crippen LogP contribution in [0.4, 0.5) is 13.2 Å². The Bertz CT molecular complexity index is 1140. The van der Waals surface area contributed by atoms with E-state index in [1.165, 1.54) is 17.0 Å². The Hall–Kier alpha value is -3.01. The number of alkyl halides is 3. The van der Waals surface area contributed by atoms with Gasteiger partial charge in [-0.2, -0.15) is 13.2 Å². The molecule has 4 atom stereocenters. The summed E-state index contributed by atoms with van der Waals surface area (Å²) in [6.45, 7) is 3.74. The highest BCUT2D eigenvalue weighted by molar-refractivity contribution is 6.21. The summed E-state index contributed by atoms with van der Waals surface area (Å²) in [6, 6.07) is 11.5. The third-order valence-electron chi connectivity index (χ3n) is 6.50. The molecule has 2 fully saturated rings. The molecule has 0 spiro atoms. The van der Waals surface area contributed by atoms with Gasteiger partial charge in [-0.15, -0.1) is 0 Å². The van der Waals surface area contributed by atoms with E-state index in [1.54, 1.807) is 50.3 Å². The second-order valence-electron chi connectivity index (χ2n) is 9.31. The fraction of sp³-hybridized carbons (Fsp3) is 0.385. The summed E-state index contributed by atoms with van der Waals surface area (Å²) in [7, 11) is 0. The van der Waals surface area contributed by atoms with Crippen molar-refractivity contribution in [3.8, 4) is 0 Å². The summed E-state index contributed by atoms with van der Waals surface area (Å²) in [6.07, 6.45) is -2.06. The number of fused-ring (bicyclic) bond motifs is 2. The predicted molar refractivity (Wildman–Crippen MR) is 119 cm³/mol. The predicted octanol–water partition coefficient (Wildman–Crippen LogP) is 4.90. The summed E-state index contributed by atoms with van der Waals surface area (Å²) >= 11 is 0. The summed E-state index contributed by atoms with van der Waals surface area (Å²) in [5.41, 5.74) is 0.640. The first-order chi connectivity index (χ1) is 16.5. The van der Waals surface area contributed by atoms with Crippen LogP contribution in [0.5, 0.6) is 0 Å². The Labute approximate surface area is 200 Å². The van der Waals surface area contributed by atoms with E-state index in [0.29, 0.717) is 23.1 Å². The van der Waals surface area contributed by atoms with Gasteiger partial charge in [-0.25, -0.2) is 0 Å². The maximum Gasteiger partial charge on any atom is 0.416 e. The zero-order valence-corrected chi connectivity index (χ0v) is 19.1. The van der Waals surface area contributed by atoms with Gasteiger partial charge in [-0.05, 0) is 50.1 Å². The first-order valence-corrected chi connectivity index (χ1v) is 11.4. The van der Waals surface area contributed by atoms with E-state index in [2.05, 4.69) is 0 Å². The van der Waals surface area contributed by atoms with Gasteiger partial charge in [0.25, 0.3) is 11.8 Å². The van der Waals surface area contributed by atoms with Gasteiger partial charge in [0.15, 0.2) is 12.1 Å². The molecule has 35 heavy (non-hydrogen) atoms. The maximum absolute atomic E-state index is 12.8. The summed E-state index contributed by atoms with van der Waals surface area (Å²) in [5.74, 6) is -1.74. The minimum absolute atomic E-state index is 0.179. The average molecular weight is 487 g/mol. The molecule has 2 aromatic rings. The van der Waals surface area contributed by atoms with Crippen LogP contribution in [0.15, 0.2) is 54.6 Å². The van der Waals surface area contributed by atoms with Crippen LogP contribution in [0.1, 0.15) is 52.1 Å². The third-order valence-corrected chi connectivity index (χ3v) is 6.50. The van der Waals surface area contributed by atoms with Crippen molar-refractivity contribution in [1.29, 1.82) is 0 Å². The van der Waals surface area contributed by atoms with Crippen molar-refractivity contribution >= 4 is 17.9 Å². The van der Waals surface area contributed by atoms with Crippen LogP contribution in [0.2, 0.25) is 0 Å². The molecule has 0 aliphatic carbocycles. The van der Waals surface area contributed by atoms with Gasteiger partial charge in [0, 0.05) is 12.5 Å². The minimum Gasteiger partial charge on any atom is -0.342 e. The van der Waals surface area contributed by atoms with Gasteiger partial charge in [-0.1, -0.05) is 36.4 Å². The molecule has 3 aliphatic rings. The molecule has 2 amide bonds. The zero-order valence-electron chi connectivity index (χ0n) is 19.1. The smallest absolute Gasteiger partial charge is 0.342 e. The van der Waals surface area contributed by atoms with E-state index in [4.69, 9.17) is 14.2 Å². The van der Waals surface area contributed by atoms with Crippen LogP contribution in [-0.2, 0) is 20.4 Å². The first-order valence-electron chi connectivity index (χ1n) is 11.4. The van der Waals surface area contributed by atoms with E-state index in [-0.39, 0.29) is 24.3 Å². The number of carbonyl (C=O) groups excluding carboxylic acids is 2. The van der Waals surface area contributed by atoms with Crippen molar-refractivity contribution < 1.29 is 37.0 Å². The fourth-order valence-electron chi connectivity index (χ4n) is 4.82. The Balaban J connectivity index is 1.32. The van der Waals surface area contributed by atoms with Crippen LogP contribution < -0.4 is 0 Å². The van der Waals surface area contributed by atoms with E-state index < -0.39 is 36.0 Å². The molecule has 0 saturated carbocycles. The lowest BCUT2D eigenvalue weighted by Crippen LogP contribution is -2.36. The Kier molecular flexibility index (Phi) is 5.82. The Morgan fingerprint density at radius 3 is 2.20 bits per heavy atom. The molecule has 3 heterocycles. The van der Waals surface area contributed by atoms with Gasteiger partial charge in [0.05, 0.1) is 22.8 Å². The topological polar surface area (TPSA) is 65.1 Å². The van der Waals surface area contributed by atoms with Crippen molar-refractivity contribution in [2.75, 3.05) is 6.54 Å². The number of nitrogens with zero attached hydrogens (tertiary/aromatic N) is 1. The van der Waals surface area contributed by atoms with Gasteiger partial charge in [0.1, 0.15) is 6.10 Å². The molecule has 5 rings (SSSR count). The van der Waals surface area contributed by atoms with Crippen molar-refractivity contribution in [2.45, 2.75) is 50.7 Å². The highest BCUT2D eigenvalue weighted by Crippen LogP contribution is 2.43. The van der Waals surface area contributed by atoms with Crippen LogP contribution in [0.25, 0.3) is 6.08 Å². The monoisotopic (exact) mass is 487 g/mol. The molecular weight excluding hydrogens is 463 g/mol. The number of rotatable bonds is 5. The van der Waals surface area contributed by atoms with E-state index in [1.807, 2.05) is 0 Å². The second kappa shape index (κ2) is 8.58. The molecule has 0 N–H and O–H groups in total. The molecule has 3 aliphatic heterocycles. The number of halogens is 3. The summed E-state index contributed by atoms with van der Waals surface area (Å²) in [5, 5.41) is 0. The molecule has 2 saturated heterocycles. The van der Waals surface area contributed by atoms with Crippen LogP contribution in [0, 0.1) is 5.92 Å². The maximum atomic E-state index is 12.8. The number of amides is 2. The van der Waals surface area contributed by atoms with Crippen molar-refractivity contribution in [1.82, 2.24) is 4.90 Å². The quantitative estimate of drug-likeness (QED) is 0.562. The van der Waals surface area contributed by atoms with Crippen LogP contribution >= 0.6 is 0 Å². The molecule has 9 heteroatoms. The number of benzene rings is 2. The molecule has 0 aromatic heterocycles. The minimum atomic E-state index is -4.40. The lowest BCUT2D eigenvalue weighted by molar-refractivity contribution is -0.205. The van der Waals surface area contributed by atoms with Gasteiger partial charge in [0.2, 0.25) is 0 Å². The molecule has 0 bridgehead atoms. The lowest BCUT2D eigenvalue weighted by atomic mass is 9.93. The Morgan fingerprint density at radius 2 is 1.60 bits per heavy atom. The standard InChI is InChI=1S/C26H24F3NO5/c1-25(2)34-21-19(13-14-30-22(31)17-5-3-4-6-18(17)23(30)32)20(33-24(21)35-25)12-9-15-7-10-16(11-8-15)26(27,28)29/h3-12,19-21,24H,13-14H2,1-2H3/t19-,20+,21-,24-/m0/s1. The third kappa shape index (κ3) is 4.51. The fourth-order valence-corrected chi connectivity index (χ4v) is 4.82. The average Bonchev–Trinajstić information content (AvgIpc) is 3.36. The van der Waals surface area contributed by atoms with E-state index in [0.717, 1.165) is 12.1 Å². The molecular formula is C26H24F3NO5. The van der Waals surface area contributed by atoms with E-state index in [9.17, 15) is 22.8 Å². The number of carbonyl (C=O) groups is 2. The number of hydrogen-bond donors (Lipinski definition) is 0. The van der Waals surface area contributed by atoms with Crippen LogP contribution in [0.3, 0.4) is 0 Å². The molecule has 184 valence electrons. The number of ether oxygens (including phenoxy) is 3. The largest absolute Gasteiger partial charge is 0.416 e. The normalized spacial score (nSPS) is 27.6. The van der Waals surface area contributed by atoms with Gasteiger partial charge < -0.3 is 14.2 Å². The van der Waals surface area contributed by atoms with E-state index >= 15 is 0 Å².